The van der Waals surface area contributed by atoms with Crippen LogP contribution in [0.15, 0.2) is 22.2 Å². The average molecular weight is 235 g/mol. The molecule has 1 aromatic heterocycles. The molecule has 0 spiro atoms. The van der Waals surface area contributed by atoms with Crippen LogP contribution in [0, 0.1) is 5.92 Å². The Hall–Kier alpha value is -2.01. The summed E-state index contributed by atoms with van der Waals surface area (Å²) in [6.45, 7) is 1.69. The molecule has 0 N–H and O–H groups in total. The largest absolute Gasteiger partial charge is 0.451 e. The molecular formula is C10H13N5O2. The van der Waals surface area contributed by atoms with E-state index < -0.39 is 0 Å². The van der Waals surface area contributed by atoms with Gasteiger partial charge in [-0.1, -0.05) is 5.11 Å². The van der Waals surface area contributed by atoms with E-state index in [-0.39, 0.29) is 11.8 Å². The highest BCUT2D eigenvalue weighted by molar-refractivity contribution is 5.78. The topological polar surface area (TPSA) is 95.1 Å². The third kappa shape index (κ3) is 2.98. The predicted molar refractivity (Wildman–Crippen MR) is 58.9 cm³/mol. The molecule has 0 radical (unpaired) electrons. The molecule has 0 saturated carbocycles. The number of carbonyl (C=O) groups excluding carboxylic acids is 1. The fourth-order valence-corrected chi connectivity index (χ4v) is 1.95. The summed E-state index contributed by atoms with van der Waals surface area (Å²) in [4.78, 5) is 20.1. The van der Waals surface area contributed by atoms with Crippen molar-refractivity contribution in [2.45, 2.75) is 12.8 Å². The first-order chi connectivity index (χ1) is 8.29. The van der Waals surface area contributed by atoms with Gasteiger partial charge < -0.3 is 9.32 Å². The van der Waals surface area contributed by atoms with E-state index in [1.807, 2.05) is 0 Å². The van der Waals surface area contributed by atoms with Crippen LogP contribution < -0.4 is 0 Å². The van der Waals surface area contributed by atoms with Crippen LogP contribution in [0.1, 0.15) is 12.1 Å². The van der Waals surface area contributed by atoms with Gasteiger partial charge >= 0.3 is 0 Å². The van der Waals surface area contributed by atoms with E-state index in [1.165, 1.54) is 6.39 Å². The van der Waals surface area contributed by atoms with Crippen molar-refractivity contribution < 1.29 is 9.21 Å². The first-order valence-electron chi connectivity index (χ1n) is 5.45. The van der Waals surface area contributed by atoms with Crippen LogP contribution in [0.5, 0.6) is 0 Å². The molecule has 1 fully saturated rings. The maximum atomic E-state index is 11.7. The summed E-state index contributed by atoms with van der Waals surface area (Å²) in [5.41, 5.74) is 9.07. The standard InChI is InChI=1S/C10H13N5O2/c11-14-13-4-8-3-10(16)15(5-8)2-1-9-6-17-7-12-9/h6-8H,1-5H2. The molecule has 7 heteroatoms. The lowest BCUT2D eigenvalue weighted by molar-refractivity contribution is -0.127. The molecule has 0 aliphatic carbocycles. The maximum Gasteiger partial charge on any atom is 0.222 e. The lowest BCUT2D eigenvalue weighted by atomic mass is 10.1. The molecule has 1 aromatic rings. The third-order valence-corrected chi connectivity index (χ3v) is 2.82. The van der Waals surface area contributed by atoms with E-state index in [0.29, 0.717) is 32.5 Å². The lowest BCUT2D eigenvalue weighted by Gasteiger charge is -2.15. The van der Waals surface area contributed by atoms with Gasteiger partial charge in [0, 0.05) is 37.4 Å². The van der Waals surface area contributed by atoms with Crippen molar-refractivity contribution >= 4 is 5.91 Å². The molecule has 17 heavy (non-hydrogen) atoms. The summed E-state index contributed by atoms with van der Waals surface area (Å²) in [6, 6.07) is 0. The van der Waals surface area contributed by atoms with Gasteiger partial charge in [-0.25, -0.2) is 4.98 Å². The summed E-state index contributed by atoms with van der Waals surface area (Å²) < 4.78 is 4.86. The van der Waals surface area contributed by atoms with Gasteiger partial charge in [-0.2, -0.15) is 0 Å². The summed E-state index contributed by atoms with van der Waals surface area (Å²) in [5.74, 6) is 0.266. The number of hydrogen-bond donors (Lipinski definition) is 0. The van der Waals surface area contributed by atoms with Crippen LogP contribution >= 0.6 is 0 Å². The van der Waals surface area contributed by atoms with E-state index in [1.54, 1.807) is 11.2 Å². The molecule has 1 amide bonds. The van der Waals surface area contributed by atoms with Gasteiger partial charge in [0.1, 0.15) is 6.26 Å². The Labute approximate surface area is 98.0 Å². The van der Waals surface area contributed by atoms with Gasteiger partial charge in [-0.05, 0) is 11.4 Å². The predicted octanol–water partition coefficient (Wildman–Crippen LogP) is 1.38. The van der Waals surface area contributed by atoms with Crippen LogP contribution in [-0.2, 0) is 11.2 Å². The van der Waals surface area contributed by atoms with Crippen molar-refractivity contribution in [1.29, 1.82) is 0 Å². The highest BCUT2D eigenvalue weighted by Crippen LogP contribution is 2.18. The number of oxazole rings is 1. The summed E-state index contributed by atoms with van der Waals surface area (Å²) >= 11 is 0. The Morgan fingerprint density at radius 2 is 2.59 bits per heavy atom. The fraction of sp³-hybridized carbons (Fsp3) is 0.600. The number of carbonyl (C=O) groups is 1. The number of likely N-dealkylation sites (tertiary alicyclic amines) is 1. The Kier molecular flexibility index (Phi) is 3.62. The van der Waals surface area contributed by atoms with Crippen molar-refractivity contribution in [2.75, 3.05) is 19.6 Å². The van der Waals surface area contributed by atoms with Crippen molar-refractivity contribution in [3.63, 3.8) is 0 Å². The summed E-state index contributed by atoms with van der Waals surface area (Å²) in [7, 11) is 0. The Morgan fingerprint density at radius 3 is 3.29 bits per heavy atom. The second-order valence-electron chi connectivity index (χ2n) is 4.05. The number of hydrogen-bond acceptors (Lipinski definition) is 4. The first kappa shape index (κ1) is 11.5. The smallest absolute Gasteiger partial charge is 0.222 e. The number of azide groups is 1. The zero-order chi connectivity index (χ0) is 12.1. The van der Waals surface area contributed by atoms with Crippen molar-refractivity contribution in [3.05, 3.63) is 28.8 Å². The second-order valence-corrected chi connectivity index (χ2v) is 4.05. The van der Waals surface area contributed by atoms with Crippen molar-refractivity contribution in [3.8, 4) is 0 Å². The van der Waals surface area contributed by atoms with Gasteiger partial charge in [0.25, 0.3) is 0 Å². The minimum atomic E-state index is 0.117. The van der Waals surface area contributed by atoms with E-state index in [4.69, 9.17) is 9.95 Å². The molecule has 1 aliphatic heterocycles. The molecule has 7 nitrogen and oxygen atoms in total. The van der Waals surface area contributed by atoms with E-state index in [9.17, 15) is 4.79 Å². The quantitative estimate of drug-likeness (QED) is 0.438. The van der Waals surface area contributed by atoms with Gasteiger partial charge in [0.2, 0.25) is 5.91 Å². The third-order valence-electron chi connectivity index (χ3n) is 2.82. The Morgan fingerprint density at radius 1 is 1.71 bits per heavy atom. The van der Waals surface area contributed by atoms with Crippen LogP contribution in [0.4, 0.5) is 0 Å². The highest BCUT2D eigenvalue weighted by atomic mass is 16.3. The monoisotopic (exact) mass is 235 g/mol. The van der Waals surface area contributed by atoms with E-state index >= 15 is 0 Å². The number of nitrogens with zero attached hydrogens (tertiary/aromatic N) is 5. The second kappa shape index (κ2) is 5.36. The van der Waals surface area contributed by atoms with E-state index in [2.05, 4.69) is 15.0 Å². The molecule has 1 atom stereocenters. The molecule has 2 heterocycles. The van der Waals surface area contributed by atoms with Crippen LogP contribution in [0.2, 0.25) is 0 Å². The molecule has 1 saturated heterocycles. The SMILES string of the molecule is [N-]=[N+]=NCC1CC(=O)N(CCc2cocn2)C1. The van der Waals surface area contributed by atoms with Crippen molar-refractivity contribution in [2.24, 2.45) is 11.0 Å². The van der Waals surface area contributed by atoms with Crippen LogP contribution in [0.3, 0.4) is 0 Å². The maximum absolute atomic E-state index is 11.7. The molecule has 0 bridgehead atoms. The van der Waals surface area contributed by atoms with Gasteiger partial charge in [-0.3, -0.25) is 4.79 Å². The summed E-state index contributed by atoms with van der Waals surface area (Å²) in [5, 5.41) is 3.51. The molecule has 2 rings (SSSR count). The Bertz CT molecular complexity index is 424. The van der Waals surface area contributed by atoms with Gasteiger partial charge in [-0.15, -0.1) is 0 Å². The zero-order valence-corrected chi connectivity index (χ0v) is 9.32. The number of rotatable bonds is 5. The van der Waals surface area contributed by atoms with Crippen LogP contribution in [0.25, 0.3) is 10.4 Å². The molecular weight excluding hydrogens is 222 g/mol. The van der Waals surface area contributed by atoms with Crippen molar-refractivity contribution in [1.82, 2.24) is 9.88 Å². The first-order valence-corrected chi connectivity index (χ1v) is 5.45. The van der Waals surface area contributed by atoms with Gasteiger partial charge in [0.05, 0.1) is 5.69 Å². The fourth-order valence-electron chi connectivity index (χ4n) is 1.95. The molecule has 1 unspecified atom stereocenters. The number of amides is 1. The van der Waals surface area contributed by atoms with Crippen LogP contribution in [-0.4, -0.2) is 35.4 Å². The summed E-state index contributed by atoms with van der Waals surface area (Å²) in [6.07, 6.45) is 4.12. The minimum Gasteiger partial charge on any atom is -0.451 e. The average Bonchev–Trinajstić information content (AvgIpc) is 2.93. The minimum absolute atomic E-state index is 0.117. The molecule has 1 aliphatic rings. The van der Waals surface area contributed by atoms with E-state index in [0.717, 1.165) is 5.69 Å². The zero-order valence-electron chi connectivity index (χ0n) is 9.32. The Balaban J connectivity index is 1.81. The number of aromatic nitrogens is 1. The molecule has 0 aromatic carbocycles. The lowest BCUT2D eigenvalue weighted by Crippen LogP contribution is -2.27. The highest BCUT2D eigenvalue weighted by Gasteiger charge is 2.28. The van der Waals surface area contributed by atoms with Gasteiger partial charge in [0.15, 0.2) is 6.39 Å². The normalized spacial score (nSPS) is 19.4. The molecule has 90 valence electrons.